The molecule has 6 aliphatic rings. The summed E-state index contributed by atoms with van der Waals surface area (Å²) in [7, 11) is 0. The van der Waals surface area contributed by atoms with Crippen LogP contribution in [-0.2, 0) is 0 Å². The molecule has 6 saturated carbocycles. The average molecular weight is 148 g/mol. The van der Waals surface area contributed by atoms with E-state index < -0.39 is 0 Å². The Morgan fingerprint density at radius 2 is 1.36 bits per heavy atom. The summed E-state index contributed by atoms with van der Waals surface area (Å²) in [5, 5.41) is 9.92. The Balaban J connectivity index is 1.88. The topological polar surface area (TPSA) is 20.2 Å². The Hall–Kier alpha value is -0.0400. The van der Waals surface area contributed by atoms with Gasteiger partial charge in [0.25, 0.3) is 0 Å². The van der Waals surface area contributed by atoms with E-state index in [1.54, 1.807) is 0 Å². The van der Waals surface area contributed by atoms with Gasteiger partial charge in [-0.15, -0.1) is 0 Å². The normalized spacial score (nSPS) is 90.8. The van der Waals surface area contributed by atoms with E-state index in [1.807, 2.05) is 0 Å². The molecule has 0 amide bonds. The Bertz CT molecular complexity index is 264. The molecule has 9 atom stereocenters. The standard InChI is InChI=1S/C10H12O/c11-10-7-3-1-2-4-5(3)9(10)8(4)6(2)7/h2-11H,1H2/t2-,3+,4-,5+,6+,7-,8+,9+,10+/m1/s1. The minimum absolute atomic E-state index is 0.156. The van der Waals surface area contributed by atoms with Crippen LogP contribution in [0.5, 0.6) is 0 Å². The highest BCUT2D eigenvalue weighted by Crippen LogP contribution is 2.88. The summed E-state index contributed by atoms with van der Waals surface area (Å²) >= 11 is 0. The van der Waals surface area contributed by atoms with Crippen molar-refractivity contribution in [2.24, 2.45) is 47.3 Å². The summed E-state index contributed by atoms with van der Waals surface area (Å²) in [6.07, 6.45) is 1.66. The van der Waals surface area contributed by atoms with Crippen molar-refractivity contribution in [1.29, 1.82) is 0 Å². The van der Waals surface area contributed by atoms with Gasteiger partial charge >= 0.3 is 0 Å². The molecule has 0 aromatic heterocycles. The van der Waals surface area contributed by atoms with Gasteiger partial charge in [0.1, 0.15) is 0 Å². The van der Waals surface area contributed by atoms with Crippen LogP contribution in [0, 0.1) is 47.3 Å². The van der Waals surface area contributed by atoms with Crippen LogP contribution in [-0.4, -0.2) is 11.2 Å². The maximum atomic E-state index is 9.92. The van der Waals surface area contributed by atoms with Crippen molar-refractivity contribution in [3.63, 3.8) is 0 Å². The highest BCUT2D eigenvalue weighted by Gasteiger charge is 2.86. The Morgan fingerprint density at radius 1 is 0.727 bits per heavy atom. The molecular formula is C10H12O. The maximum Gasteiger partial charge on any atom is 0.0607 e. The van der Waals surface area contributed by atoms with E-state index in [0.717, 1.165) is 47.3 Å². The first-order valence-corrected chi connectivity index (χ1v) is 5.07. The SMILES string of the molecule is O[C@@H]1[C@H]2[C@H]3[C@@H]4C[C@@H]5[C@H]3[C@H]2[C@@H]5[C@H]14. The Kier molecular flexibility index (Phi) is 0.452. The number of hydrogen-bond acceptors (Lipinski definition) is 1. The minimum atomic E-state index is 0.156. The van der Waals surface area contributed by atoms with E-state index in [1.165, 1.54) is 6.42 Å². The molecule has 1 N–H and O–H groups in total. The van der Waals surface area contributed by atoms with Gasteiger partial charge in [-0.2, -0.15) is 0 Å². The molecule has 0 spiro atoms. The van der Waals surface area contributed by atoms with Crippen LogP contribution in [0.3, 0.4) is 0 Å². The molecule has 0 saturated heterocycles. The van der Waals surface area contributed by atoms with Gasteiger partial charge in [-0.1, -0.05) is 0 Å². The number of aliphatic hydroxyl groups excluding tert-OH is 1. The number of aliphatic hydroxyl groups is 1. The first-order valence-electron chi connectivity index (χ1n) is 5.07. The molecular weight excluding hydrogens is 136 g/mol. The lowest BCUT2D eigenvalue weighted by molar-refractivity contribution is -0.172. The summed E-state index contributed by atoms with van der Waals surface area (Å²) in [6, 6.07) is 0. The lowest BCUT2D eigenvalue weighted by atomic mass is 9.41. The third-order valence-corrected chi connectivity index (χ3v) is 5.98. The van der Waals surface area contributed by atoms with Crippen molar-refractivity contribution in [2.45, 2.75) is 12.5 Å². The highest BCUT2D eigenvalue weighted by atomic mass is 16.3. The van der Waals surface area contributed by atoms with Crippen LogP contribution in [0.1, 0.15) is 6.42 Å². The molecule has 0 heterocycles. The monoisotopic (exact) mass is 148 g/mol. The molecule has 0 unspecified atom stereocenters. The van der Waals surface area contributed by atoms with Gasteiger partial charge in [-0.25, -0.2) is 0 Å². The highest BCUT2D eigenvalue weighted by molar-refractivity contribution is 5.33. The quantitative estimate of drug-likeness (QED) is 0.537. The zero-order chi connectivity index (χ0) is 6.90. The zero-order valence-electron chi connectivity index (χ0n) is 6.35. The Morgan fingerprint density at radius 3 is 2.00 bits per heavy atom. The molecule has 6 rings (SSSR count). The van der Waals surface area contributed by atoms with E-state index in [2.05, 4.69) is 0 Å². The fraction of sp³-hybridized carbons (Fsp3) is 1.00. The third kappa shape index (κ3) is 0.234. The van der Waals surface area contributed by atoms with E-state index in [9.17, 15) is 5.11 Å². The second-order valence-electron chi connectivity index (χ2n) is 5.52. The summed E-state index contributed by atoms with van der Waals surface area (Å²) in [5.74, 6) is 7.91. The van der Waals surface area contributed by atoms with Crippen molar-refractivity contribution in [3.8, 4) is 0 Å². The second kappa shape index (κ2) is 1.02. The first-order chi connectivity index (χ1) is 5.39. The van der Waals surface area contributed by atoms with Gasteiger partial charge in [-0.05, 0) is 53.8 Å². The summed E-state index contributed by atoms with van der Waals surface area (Å²) < 4.78 is 0. The van der Waals surface area contributed by atoms with Crippen molar-refractivity contribution in [1.82, 2.24) is 0 Å². The van der Waals surface area contributed by atoms with Gasteiger partial charge in [0, 0.05) is 0 Å². The predicted octanol–water partition coefficient (Wildman–Crippen LogP) is 0.735. The van der Waals surface area contributed by atoms with Crippen molar-refractivity contribution < 1.29 is 5.11 Å². The molecule has 1 nitrogen and oxygen atoms in total. The number of hydrogen-bond donors (Lipinski definition) is 1. The molecule has 0 radical (unpaired) electrons. The van der Waals surface area contributed by atoms with Crippen LogP contribution in [0.25, 0.3) is 0 Å². The largest absolute Gasteiger partial charge is 0.393 e. The average Bonchev–Trinajstić information content (AvgIpc) is 2.40. The zero-order valence-corrected chi connectivity index (χ0v) is 6.35. The molecule has 11 heavy (non-hydrogen) atoms. The van der Waals surface area contributed by atoms with Crippen molar-refractivity contribution in [3.05, 3.63) is 0 Å². The van der Waals surface area contributed by atoms with Gasteiger partial charge in [-0.3, -0.25) is 0 Å². The van der Waals surface area contributed by atoms with Gasteiger partial charge < -0.3 is 5.11 Å². The molecule has 0 aromatic rings. The van der Waals surface area contributed by atoms with Gasteiger partial charge in [0.05, 0.1) is 6.10 Å². The fourth-order valence-corrected chi connectivity index (χ4v) is 6.15. The minimum Gasteiger partial charge on any atom is -0.393 e. The molecule has 0 aliphatic heterocycles. The van der Waals surface area contributed by atoms with Crippen molar-refractivity contribution >= 4 is 0 Å². The summed E-state index contributed by atoms with van der Waals surface area (Å²) in [6.45, 7) is 0. The van der Waals surface area contributed by atoms with E-state index in [-0.39, 0.29) is 6.10 Å². The third-order valence-electron chi connectivity index (χ3n) is 5.98. The molecule has 6 aliphatic carbocycles. The predicted molar refractivity (Wildman–Crippen MR) is 38.5 cm³/mol. The fourth-order valence-electron chi connectivity index (χ4n) is 6.15. The summed E-state index contributed by atoms with van der Waals surface area (Å²) in [4.78, 5) is 0. The van der Waals surface area contributed by atoms with Crippen LogP contribution in [0.15, 0.2) is 0 Å². The molecule has 6 fully saturated rings. The summed E-state index contributed by atoms with van der Waals surface area (Å²) in [5.41, 5.74) is 0. The Labute approximate surface area is 65.8 Å². The smallest absolute Gasteiger partial charge is 0.0607 e. The van der Waals surface area contributed by atoms with E-state index in [4.69, 9.17) is 0 Å². The van der Waals surface area contributed by atoms with Gasteiger partial charge in [0.15, 0.2) is 0 Å². The van der Waals surface area contributed by atoms with Crippen molar-refractivity contribution in [2.75, 3.05) is 0 Å². The van der Waals surface area contributed by atoms with E-state index in [0.29, 0.717) is 0 Å². The molecule has 1 heteroatoms. The van der Waals surface area contributed by atoms with Crippen LogP contribution in [0.2, 0.25) is 0 Å². The second-order valence-corrected chi connectivity index (χ2v) is 5.52. The lowest BCUT2D eigenvalue weighted by Gasteiger charge is -2.63. The first kappa shape index (κ1) is 4.86. The van der Waals surface area contributed by atoms with Crippen LogP contribution < -0.4 is 0 Å². The maximum absolute atomic E-state index is 9.92. The van der Waals surface area contributed by atoms with Gasteiger partial charge in [0.2, 0.25) is 0 Å². The number of rotatable bonds is 0. The van der Waals surface area contributed by atoms with E-state index >= 15 is 0 Å². The lowest BCUT2D eigenvalue weighted by Crippen LogP contribution is -2.60. The molecule has 0 aromatic carbocycles. The molecule has 58 valence electrons. The van der Waals surface area contributed by atoms with Crippen LogP contribution in [0.4, 0.5) is 0 Å². The molecule has 4 bridgehead atoms. The van der Waals surface area contributed by atoms with Crippen LogP contribution >= 0.6 is 0 Å².